The molecule has 0 aromatic carbocycles. The van der Waals surface area contributed by atoms with Crippen LogP contribution < -0.4 is 5.56 Å². The van der Waals surface area contributed by atoms with Crippen molar-refractivity contribution in [2.45, 2.75) is 51.1 Å². The molecule has 0 bridgehead atoms. The van der Waals surface area contributed by atoms with E-state index < -0.39 is 0 Å². The lowest BCUT2D eigenvalue weighted by atomic mass is 9.94. The zero-order valence-corrected chi connectivity index (χ0v) is 17.9. The first-order valence-electron chi connectivity index (χ1n) is 7.97. The lowest BCUT2D eigenvalue weighted by molar-refractivity contribution is -0.0379. The van der Waals surface area contributed by atoms with Crippen molar-refractivity contribution in [3.63, 3.8) is 0 Å². The van der Waals surface area contributed by atoms with Crippen molar-refractivity contribution >= 4 is 49.2 Å². The summed E-state index contributed by atoms with van der Waals surface area (Å²) >= 11 is 6.46. The van der Waals surface area contributed by atoms with E-state index in [-0.39, 0.29) is 11.2 Å². The highest BCUT2D eigenvalue weighted by Gasteiger charge is 2.31. The Kier molecular flexibility index (Phi) is 5.31. The molecule has 0 spiro atoms. The SMILES string of the molecule is C=C(C)Cn1c(SCC(=C)Br)nc2sc3c(c2c1=O)CC(C)(C)OC3. The molecule has 0 atom stereocenters. The average Bonchev–Trinajstić information content (AvgIpc) is 2.84. The fourth-order valence-electron chi connectivity index (χ4n) is 2.87. The molecular formula is C18H21BrN2O2S2. The fourth-order valence-corrected chi connectivity index (χ4v) is 5.11. The number of thioether (sulfide) groups is 1. The molecular weight excluding hydrogens is 420 g/mol. The lowest BCUT2D eigenvalue weighted by Crippen LogP contribution is -2.32. The molecule has 3 rings (SSSR count). The van der Waals surface area contributed by atoms with Crippen LogP contribution in [0.2, 0.25) is 0 Å². The molecule has 3 heterocycles. The van der Waals surface area contributed by atoms with Crippen LogP contribution in [0, 0.1) is 0 Å². The van der Waals surface area contributed by atoms with E-state index in [4.69, 9.17) is 9.72 Å². The maximum absolute atomic E-state index is 13.3. The van der Waals surface area contributed by atoms with E-state index in [9.17, 15) is 4.79 Å². The van der Waals surface area contributed by atoms with E-state index in [2.05, 4.69) is 42.9 Å². The van der Waals surface area contributed by atoms with Crippen molar-refractivity contribution in [2.24, 2.45) is 0 Å². The normalized spacial score (nSPS) is 16.0. The van der Waals surface area contributed by atoms with Crippen molar-refractivity contribution in [1.29, 1.82) is 0 Å². The number of allylic oxidation sites excluding steroid dienone is 1. The van der Waals surface area contributed by atoms with Gasteiger partial charge in [0.25, 0.3) is 5.56 Å². The van der Waals surface area contributed by atoms with Crippen molar-refractivity contribution < 1.29 is 4.74 Å². The molecule has 0 saturated heterocycles. The molecule has 0 radical (unpaired) electrons. The minimum Gasteiger partial charge on any atom is -0.370 e. The Hall–Kier alpha value is -0.890. The molecule has 2 aromatic rings. The largest absolute Gasteiger partial charge is 0.370 e. The number of nitrogens with zero attached hydrogens (tertiary/aromatic N) is 2. The van der Waals surface area contributed by atoms with Crippen LogP contribution in [0.25, 0.3) is 10.2 Å². The van der Waals surface area contributed by atoms with Crippen LogP contribution in [0.1, 0.15) is 31.2 Å². The zero-order chi connectivity index (χ0) is 18.4. The third-order valence-electron chi connectivity index (χ3n) is 3.94. The Balaban J connectivity index is 2.19. The molecule has 0 saturated carbocycles. The Morgan fingerprint density at radius 3 is 2.84 bits per heavy atom. The van der Waals surface area contributed by atoms with Gasteiger partial charge in [-0.05, 0) is 30.8 Å². The van der Waals surface area contributed by atoms with Crippen molar-refractivity contribution in [3.05, 3.63) is 44.0 Å². The highest BCUT2D eigenvalue weighted by atomic mass is 79.9. The van der Waals surface area contributed by atoms with Crippen LogP contribution in [-0.2, 0) is 24.3 Å². The van der Waals surface area contributed by atoms with Crippen molar-refractivity contribution in [3.8, 4) is 0 Å². The zero-order valence-electron chi connectivity index (χ0n) is 14.6. The Morgan fingerprint density at radius 2 is 2.20 bits per heavy atom. The van der Waals surface area contributed by atoms with E-state index in [0.29, 0.717) is 24.1 Å². The van der Waals surface area contributed by atoms with Crippen LogP contribution in [-0.4, -0.2) is 20.9 Å². The predicted octanol–water partition coefficient (Wildman–Crippen LogP) is 4.89. The summed E-state index contributed by atoms with van der Waals surface area (Å²) in [5.41, 5.74) is 1.79. The summed E-state index contributed by atoms with van der Waals surface area (Å²) in [5, 5.41) is 1.46. The molecule has 0 fully saturated rings. The minimum absolute atomic E-state index is 0.0193. The Labute approximate surface area is 164 Å². The van der Waals surface area contributed by atoms with E-state index in [0.717, 1.165) is 37.1 Å². The molecule has 1 aliphatic rings. The molecule has 4 nitrogen and oxygen atoms in total. The second-order valence-electron chi connectivity index (χ2n) is 6.96. The van der Waals surface area contributed by atoms with Crippen molar-refractivity contribution in [1.82, 2.24) is 9.55 Å². The molecule has 134 valence electrons. The monoisotopic (exact) mass is 440 g/mol. The molecule has 1 aliphatic heterocycles. The summed E-state index contributed by atoms with van der Waals surface area (Å²) in [6.07, 6.45) is 0.733. The van der Waals surface area contributed by atoms with E-state index in [1.54, 1.807) is 15.9 Å². The molecule has 0 aliphatic carbocycles. The second kappa shape index (κ2) is 7.02. The number of halogens is 1. The van der Waals surface area contributed by atoms with E-state index in [1.807, 2.05) is 6.92 Å². The number of hydrogen-bond acceptors (Lipinski definition) is 5. The predicted molar refractivity (Wildman–Crippen MR) is 110 cm³/mol. The summed E-state index contributed by atoms with van der Waals surface area (Å²) in [7, 11) is 0. The topological polar surface area (TPSA) is 44.1 Å². The standard InChI is InChI=1S/C18H21BrN2O2S2/c1-10(2)7-21-16(22)14-12-6-18(4,5)23-8-13(12)25-15(14)20-17(21)24-9-11(3)19/h1,3,6-9H2,2,4-5H3. The molecule has 0 amide bonds. The van der Waals surface area contributed by atoms with E-state index >= 15 is 0 Å². The molecule has 0 N–H and O–H groups in total. The first-order valence-corrected chi connectivity index (χ1v) is 10.6. The van der Waals surface area contributed by atoms with Crippen LogP contribution in [0.15, 0.2) is 33.2 Å². The van der Waals surface area contributed by atoms with Crippen LogP contribution >= 0.6 is 39.0 Å². The number of aromatic nitrogens is 2. The summed E-state index contributed by atoms with van der Waals surface area (Å²) in [5.74, 6) is 0.662. The van der Waals surface area contributed by atoms with E-state index in [1.165, 1.54) is 11.8 Å². The molecule has 7 heteroatoms. The van der Waals surface area contributed by atoms with Gasteiger partial charge in [-0.2, -0.15) is 0 Å². The van der Waals surface area contributed by atoms with Crippen LogP contribution in [0.4, 0.5) is 0 Å². The highest BCUT2D eigenvalue weighted by Crippen LogP contribution is 2.37. The van der Waals surface area contributed by atoms with Gasteiger partial charge in [-0.15, -0.1) is 11.3 Å². The number of ether oxygens (including phenoxy) is 1. The van der Waals surface area contributed by atoms with Crippen molar-refractivity contribution in [2.75, 3.05) is 5.75 Å². The highest BCUT2D eigenvalue weighted by molar-refractivity contribution is 9.11. The number of hydrogen-bond donors (Lipinski definition) is 0. The maximum atomic E-state index is 13.3. The lowest BCUT2D eigenvalue weighted by Gasteiger charge is -2.29. The summed E-state index contributed by atoms with van der Waals surface area (Å²) in [4.78, 5) is 20.0. The third kappa shape index (κ3) is 3.94. The molecule has 25 heavy (non-hydrogen) atoms. The van der Waals surface area contributed by atoms with Gasteiger partial charge >= 0.3 is 0 Å². The fraction of sp³-hybridized carbons (Fsp3) is 0.444. The first-order chi connectivity index (χ1) is 11.7. The van der Waals surface area contributed by atoms with Gasteiger partial charge in [0.05, 0.1) is 17.6 Å². The van der Waals surface area contributed by atoms with Gasteiger partial charge in [0.15, 0.2) is 5.16 Å². The first kappa shape index (κ1) is 18.9. The van der Waals surface area contributed by atoms with Gasteiger partial charge in [-0.25, -0.2) is 4.98 Å². The Bertz CT molecular complexity index is 927. The maximum Gasteiger partial charge on any atom is 0.263 e. The summed E-state index contributed by atoms with van der Waals surface area (Å²) in [6.45, 7) is 14.9. The summed E-state index contributed by atoms with van der Waals surface area (Å²) < 4.78 is 8.51. The number of rotatable bonds is 5. The molecule has 2 aromatic heterocycles. The van der Waals surface area contributed by atoms with Crippen LogP contribution in [0.5, 0.6) is 0 Å². The van der Waals surface area contributed by atoms with Gasteiger partial charge in [0.1, 0.15) is 4.83 Å². The average molecular weight is 441 g/mol. The molecule has 0 unspecified atom stereocenters. The second-order valence-corrected chi connectivity index (χ2v) is 10.1. The quantitative estimate of drug-likeness (QED) is 0.377. The minimum atomic E-state index is -0.256. The van der Waals surface area contributed by atoms with Gasteiger partial charge < -0.3 is 4.74 Å². The van der Waals surface area contributed by atoms with Gasteiger partial charge in [-0.1, -0.05) is 46.4 Å². The number of thiophene rings is 1. The Morgan fingerprint density at radius 1 is 1.48 bits per heavy atom. The van der Waals surface area contributed by atoms with Crippen LogP contribution in [0.3, 0.4) is 0 Å². The number of fused-ring (bicyclic) bond motifs is 3. The van der Waals surface area contributed by atoms with Gasteiger partial charge in [0, 0.05) is 23.6 Å². The van der Waals surface area contributed by atoms with Gasteiger partial charge in [-0.3, -0.25) is 9.36 Å². The van der Waals surface area contributed by atoms with Gasteiger partial charge in [0.2, 0.25) is 0 Å². The third-order valence-corrected chi connectivity index (χ3v) is 6.76. The summed E-state index contributed by atoms with van der Waals surface area (Å²) in [6, 6.07) is 0. The smallest absolute Gasteiger partial charge is 0.263 e.